The van der Waals surface area contributed by atoms with E-state index in [4.69, 9.17) is 11.6 Å². The minimum absolute atomic E-state index is 0.0171. The highest BCUT2D eigenvalue weighted by molar-refractivity contribution is 6.30. The molecule has 0 bridgehead atoms. The summed E-state index contributed by atoms with van der Waals surface area (Å²) in [4.78, 5) is 41.5. The van der Waals surface area contributed by atoms with Crippen LogP contribution in [-0.4, -0.2) is 63.9 Å². The van der Waals surface area contributed by atoms with Crippen molar-refractivity contribution in [3.05, 3.63) is 34.9 Å². The van der Waals surface area contributed by atoms with Gasteiger partial charge in [0.2, 0.25) is 17.7 Å². The number of carbonyl (C=O) groups is 3. The van der Waals surface area contributed by atoms with Crippen molar-refractivity contribution >= 4 is 29.3 Å². The summed E-state index contributed by atoms with van der Waals surface area (Å²) >= 11 is 5.94. The molecule has 0 aromatic heterocycles. The highest BCUT2D eigenvalue weighted by Gasteiger charge is 2.59. The molecule has 0 radical (unpaired) electrons. The molecule has 150 valence electrons. The van der Waals surface area contributed by atoms with Crippen LogP contribution in [0.25, 0.3) is 0 Å². The first-order chi connectivity index (χ1) is 13.4. The number of hydrogen-bond donors (Lipinski definition) is 2. The molecule has 3 fully saturated rings. The predicted molar refractivity (Wildman–Crippen MR) is 102 cm³/mol. The van der Waals surface area contributed by atoms with Gasteiger partial charge in [0.25, 0.3) is 0 Å². The van der Waals surface area contributed by atoms with Crippen LogP contribution in [0.1, 0.15) is 31.2 Å². The van der Waals surface area contributed by atoms with Crippen LogP contribution >= 0.6 is 11.6 Å². The average Bonchev–Trinajstić information content (AvgIpc) is 2.65. The molecule has 7 nitrogen and oxygen atoms in total. The molecule has 2 heterocycles. The summed E-state index contributed by atoms with van der Waals surface area (Å²) < 4.78 is 0. The molecule has 1 aromatic carbocycles. The van der Waals surface area contributed by atoms with Crippen molar-refractivity contribution in [2.24, 2.45) is 5.92 Å². The minimum Gasteiger partial charge on any atom is -0.393 e. The van der Waals surface area contributed by atoms with Crippen molar-refractivity contribution in [3.8, 4) is 0 Å². The molecule has 28 heavy (non-hydrogen) atoms. The zero-order valence-electron chi connectivity index (χ0n) is 15.6. The monoisotopic (exact) mass is 405 g/mol. The first-order valence-corrected chi connectivity index (χ1v) is 10.1. The Balaban J connectivity index is 1.48. The van der Waals surface area contributed by atoms with E-state index in [9.17, 15) is 19.5 Å². The molecule has 1 aromatic rings. The maximum Gasteiger partial charge on any atom is 0.246 e. The summed E-state index contributed by atoms with van der Waals surface area (Å²) in [6.45, 7) is 1.39. The Morgan fingerprint density at radius 2 is 1.82 bits per heavy atom. The van der Waals surface area contributed by atoms with E-state index in [1.54, 1.807) is 21.9 Å². The quantitative estimate of drug-likeness (QED) is 0.782. The van der Waals surface area contributed by atoms with Crippen LogP contribution in [0, 0.1) is 5.92 Å². The Kier molecular flexibility index (Phi) is 5.05. The van der Waals surface area contributed by atoms with Gasteiger partial charge in [0.05, 0.1) is 12.6 Å². The van der Waals surface area contributed by atoms with Crippen LogP contribution in [0.4, 0.5) is 0 Å². The maximum atomic E-state index is 12.8. The summed E-state index contributed by atoms with van der Waals surface area (Å²) in [5.74, 6) is -0.560. The van der Waals surface area contributed by atoms with E-state index in [-0.39, 0.29) is 36.3 Å². The zero-order chi connectivity index (χ0) is 19.9. The van der Waals surface area contributed by atoms with Gasteiger partial charge in [-0.15, -0.1) is 0 Å². The number of piperazine rings is 1. The zero-order valence-corrected chi connectivity index (χ0v) is 16.3. The summed E-state index contributed by atoms with van der Waals surface area (Å²) in [5, 5.41) is 12.9. The number of nitrogens with one attached hydrogen (secondary N) is 1. The van der Waals surface area contributed by atoms with Crippen LogP contribution in [0.3, 0.4) is 0 Å². The Morgan fingerprint density at radius 1 is 1.18 bits per heavy atom. The molecule has 1 saturated carbocycles. The van der Waals surface area contributed by atoms with Gasteiger partial charge in [-0.25, -0.2) is 0 Å². The van der Waals surface area contributed by atoms with Crippen LogP contribution in [-0.2, 0) is 20.9 Å². The van der Waals surface area contributed by atoms with Gasteiger partial charge >= 0.3 is 0 Å². The minimum atomic E-state index is -0.954. The Morgan fingerprint density at radius 3 is 2.46 bits per heavy atom. The van der Waals surface area contributed by atoms with Gasteiger partial charge in [-0.05, 0) is 43.4 Å². The Hall–Kier alpha value is -2.12. The fourth-order valence-corrected chi connectivity index (χ4v) is 4.60. The van der Waals surface area contributed by atoms with Crippen molar-refractivity contribution < 1.29 is 19.5 Å². The summed E-state index contributed by atoms with van der Waals surface area (Å²) in [6, 6.07) is 7.21. The number of likely N-dealkylation sites (tertiary alicyclic amines) is 1. The molecule has 2 N–H and O–H groups in total. The number of hydrogen-bond acceptors (Lipinski definition) is 4. The maximum absolute atomic E-state index is 12.8. The molecule has 4 rings (SSSR count). The fourth-order valence-electron chi connectivity index (χ4n) is 4.47. The first kappa shape index (κ1) is 19.2. The van der Waals surface area contributed by atoms with E-state index in [2.05, 4.69) is 5.32 Å². The first-order valence-electron chi connectivity index (χ1n) is 9.69. The summed E-state index contributed by atoms with van der Waals surface area (Å²) in [7, 11) is 0. The molecule has 3 aliphatic rings. The second-order valence-corrected chi connectivity index (χ2v) is 8.42. The van der Waals surface area contributed by atoms with E-state index >= 15 is 0 Å². The van der Waals surface area contributed by atoms with E-state index < -0.39 is 5.54 Å². The smallest absolute Gasteiger partial charge is 0.246 e. The molecule has 8 heteroatoms. The summed E-state index contributed by atoms with van der Waals surface area (Å²) in [6.07, 6.45) is 1.52. The number of rotatable bonds is 3. The second kappa shape index (κ2) is 7.37. The van der Waals surface area contributed by atoms with Gasteiger partial charge in [-0.3, -0.25) is 14.4 Å². The molecule has 0 atom stereocenters. The number of piperidine rings is 1. The van der Waals surface area contributed by atoms with Gasteiger partial charge in [-0.2, -0.15) is 0 Å². The highest BCUT2D eigenvalue weighted by Crippen LogP contribution is 2.46. The average molecular weight is 406 g/mol. The Bertz CT molecular complexity index is 783. The van der Waals surface area contributed by atoms with Crippen molar-refractivity contribution in [2.75, 3.05) is 19.6 Å². The molecular weight excluding hydrogens is 382 g/mol. The van der Waals surface area contributed by atoms with Crippen molar-refractivity contribution in [1.29, 1.82) is 0 Å². The largest absolute Gasteiger partial charge is 0.393 e. The van der Waals surface area contributed by atoms with Gasteiger partial charge in [-0.1, -0.05) is 23.7 Å². The van der Waals surface area contributed by atoms with Gasteiger partial charge in [0.1, 0.15) is 5.54 Å². The normalized spacial score (nSPS) is 28.3. The number of nitrogens with zero attached hydrogens (tertiary/aromatic N) is 2. The Labute approximate surface area is 168 Å². The van der Waals surface area contributed by atoms with E-state index in [0.29, 0.717) is 50.3 Å². The molecule has 3 amide bonds. The van der Waals surface area contributed by atoms with Crippen molar-refractivity contribution in [1.82, 2.24) is 15.1 Å². The molecule has 2 aliphatic heterocycles. The lowest BCUT2D eigenvalue weighted by molar-refractivity contribution is -0.170. The molecule has 2 saturated heterocycles. The van der Waals surface area contributed by atoms with E-state index in [1.807, 2.05) is 12.1 Å². The number of amides is 3. The third-order valence-corrected chi connectivity index (χ3v) is 6.44. The SMILES string of the molecule is O=C(C1CC2(C1)C(=O)NCC(=O)N2Cc1ccc(Cl)cc1)N1CCC(O)CC1. The van der Waals surface area contributed by atoms with E-state index in [0.717, 1.165) is 5.56 Å². The molecule has 1 spiro atoms. The standard InChI is InChI=1S/C20H24ClN3O4/c21-15-3-1-13(2-4-15)12-24-17(26)11-22-19(28)20(24)9-14(10-20)18(27)23-7-5-16(25)6-8-23/h1-4,14,16,25H,5-12H2,(H,22,28). The topological polar surface area (TPSA) is 90.0 Å². The second-order valence-electron chi connectivity index (χ2n) is 7.98. The van der Waals surface area contributed by atoms with Crippen LogP contribution in [0.15, 0.2) is 24.3 Å². The molecule has 0 unspecified atom stereocenters. The number of carbonyl (C=O) groups excluding carboxylic acids is 3. The van der Waals surface area contributed by atoms with Crippen molar-refractivity contribution in [3.63, 3.8) is 0 Å². The number of aliphatic hydroxyl groups excluding tert-OH is 1. The van der Waals surface area contributed by atoms with Gasteiger partial charge < -0.3 is 20.2 Å². The highest BCUT2D eigenvalue weighted by atomic mass is 35.5. The van der Waals surface area contributed by atoms with E-state index in [1.165, 1.54) is 0 Å². The van der Waals surface area contributed by atoms with Crippen molar-refractivity contribution in [2.45, 2.75) is 43.9 Å². The third-order valence-electron chi connectivity index (χ3n) is 6.19. The van der Waals surface area contributed by atoms with Crippen LogP contribution in [0.5, 0.6) is 0 Å². The van der Waals surface area contributed by atoms with Gasteiger partial charge in [0.15, 0.2) is 0 Å². The van der Waals surface area contributed by atoms with Gasteiger partial charge in [0, 0.05) is 30.6 Å². The summed E-state index contributed by atoms with van der Waals surface area (Å²) in [5.41, 5.74) is -0.0588. The van der Waals surface area contributed by atoms with Crippen LogP contribution < -0.4 is 5.32 Å². The molecular formula is C20H24ClN3O4. The number of halogens is 1. The van der Waals surface area contributed by atoms with Crippen LogP contribution in [0.2, 0.25) is 5.02 Å². The lowest BCUT2D eigenvalue weighted by Gasteiger charge is -2.55. The predicted octanol–water partition coefficient (Wildman–Crippen LogP) is 0.931. The molecule has 1 aliphatic carbocycles. The third kappa shape index (κ3) is 3.37. The lowest BCUT2D eigenvalue weighted by Crippen LogP contribution is -2.73. The fraction of sp³-hybridized carbons (Fsp3) is 0.550. The number of aliphatic hydroxyl groups is 1. The number of benzene rings is 1. The lowest BCUT2D eigenvalue weighted by atomic mass is 9.65.